The molecule has 1 aliphatic carbocycles. The molecule has 1 aromatic heterocycles. The Bertz CT molecular complexity index is 1520. The maximum atomic E-state index is 4.83. The van der Waals surface area contributed by atoms with Gasteiger partial charge < -0.3 is 0 Å². The van der Waals surface area contributed by atoms with Crippen LogP contribution in [0.25, 0.3) is 22.5 Å². The van der Waals surface area contributed by atoms with E-state index in [9.17, 15) is 0 Å². The Labute approximate surface area is 213 Å². The molecular weight excluding hydrogens is 438 g/mol. The molecule has 1 aliphatic rings. The summed E-state index contributed by atoms with van der Waals surface area (Å²) < 4.78 is 0. The van der Waals surface area contributed by atoms with Crippen LogP contribution in [0.4, 0.5) is 0 Å². The number of hydrogen-bond acceptors (Lipinski definition) is 3. The SMILES string of the molecule is Cc1nc(-c2ccc(C3(c4ccccc4)c4ccccc4-c4ccccc43)cc2)nc(C(C)(C)C)n1. The minimum absolute atomic E-state index is 0.142. The van der Waals surface area contributed by atoms with Gasteiger partial charge in [-0.1, -0.05) is 124 Å². The minimum Gasteiger partial charge on any atom is -0.218 e. The standard InChI is InChI=1S/C33H29N3/c1-22-34-30(36-31(35-22)32(2,3)4)23-18-20-25(21-19-23)33(24-12-6-5-7-13-24)28-16-10-8-14-26(28)27-15-9-11-17-29(27)33/h5-21H,1-4H3. The van der Waals surface area contributed by atoms with Gasteiger partial charge in [0.25, 0.3) is 0 Å². The molecule has 0 bridgehead atoms. The van der Waals surface area contributed by atoms with Crippen LogP contribution in [-0.4, -0.2) is 15.0 Å². The summed E-state index contributed by atoms with van der Waals surface area (Å²) in [6.45, 7) is 8.33. The van der Waals surface area contributed by atoms with Gasteiger partial charge in [0.2, 0.25) is 0 Å². The molecule has 0 N–H and O–H groups in total. The van der Waals surface area contributed by atoms with E-state index in [0.29, 0.717) is 0 Å². The second kappa shape index (κ2) is 8.23. The molecule has 0 fully saturated rings. The van der Waals surface area contributed by atoms with E-state index in [2.05, 4.69) is 134 Å². The van der Waals surface area contributed by atoms with Crippen LogP contribution in [0.15, 0.2) is 103 Å². The van der Waals surface area contributed by atoms with Gasteiger partial charge in [-0.3, -0.25) is 0 Å². The summed E-state index contributed by atoms with van der Waals surface area (Å²) in [6.07, 6.45) is 0. The molecule has 0 atom stereocenters. The lowest BCUT2D eigenvalue weighted by atomic mass is 9.67. The van der Waals surface area contributed by atoms with E-state index in [1.807, 2.05) is 6.92 Å². The third-order valence-corrected chi connectivity index (χ3v) is 7.15. The van der Waals surface area contributed by atoms with Crippen molar-refractivity contribution in [1.29, 1.82) is 0 Å². The van der Waals surface area contributed by atoms with Crippen LogP contribution in [0.2, 0.25) is 0 Å². The number of nitrogens with zero attached hydrogens (tertiary/aromatic N) is 3. The van der Waals surface area contributed by atoms with Crippen LogP contribution in [0.3, 0.4) is 0 Å². The molecule has 0 saturated carbocycles. The van der Waals surface area contributed by atoms with Crippen molar-refractivity contribution in [2.75, 3.05) is 0 Å². The highest BCUT2D eigenvalue weighted by atomic mass is 15.0. The van der Waals surface area contributed by atoms with Gasteiger partial charge in [0.15, 0.2) is 5.82 Å². The van der Waals surface area contributed by atoms with E-state index in [-0.39, 0.29) is 5.41 Å². The fraction of sp³-hybridized carbons (Fsp3) is 0.182. The Balaban J connectivity index is 1.57. The van der Waals surface area contributed by atoms with Crippen LogP contribution < -0.4 is 0 Å². The van der Waals surface area contributed by atoms with Crippen molar-refractivity contribution in [3.63, 3.8) is 0 Å². The smallest absolute Gasteiger partial charge is 0.163 e. The maximum absolute atomic E-state index is 4.83. The second-order valence-corrected chi connectivity index (χ2v) is 10.6. The zero-order valence-corrected chi connectivity index (χ0v) is 21.2. The van der Waals surface area contributed by atoms with Crippen molar-refractivity contribution in [2.24, 2.45) is 0 Å². The first-order valence-corrected chi connectivity index (χ1v) is 12.5. The monoisotopic (exact) mass is 467 g/mol. The van der Waals surface area contributed by atoms with Crippen molar-refractivity contribution in [1.82, 2.24) is 15.0 Å². The van der Waals surface area contributed by atoms with E-state index in [1.165, 1.54) is 33.4 Å². The predicted octanol–water partition coefficient (Wildman–Crippen LogP) is 7.51. The van der Waals surface area contributed by atoms with Gasteiger partial charge >= 0.3 is 0 Å². The zero-order chi connectivity index (χ0) is 24.9. The third kappa shape index (κ3) is 3.38. The zero-order valence-electron chi connectivity index (χ0n) is 21.2. The van der Waals surface area contributed by atoms with Crippen LogP contribution in [-0.2, 0) is 10.8 Å². The Hall–Kier alpha value is -4.11. The molecule has 36 heavy (non-hydrogen) atoms. The maximum Gasteiger partial charge on any atom is 0.163 e. The molecule has 1 heterocycles. The summed E-state index contributed by atoms with van der Waals surface area (Å²) in [5, 5.41) is 0. The number of benzene rings is 4. The van der Waals surface area contributed by atoms with Gasteiger partial charge in [0.05, 0.1) is 5.41 Å². The largest absolute Gasteiger partial charge is 0.218 e. The van der Waals surface area contributed by atoms with Gasteiger partial charge in [-0.25, -0.2) is 15.0 Å². The van der Waals surface area contributed by atoms with Gasteiger partial charge in [-0.15, -0.1) is 0 Å². The highest BCUT2D eigenvalue weighted by molar-refractivity contribution is 5.86. The topological polar surface area (TPSA) is 38.7 Å². The first-order chi connectivity index (χ1) is 17.4. The normalized spacial score (nSPS) is 13.8. The molecule has 176 valence electrons. The summed E-state index contributed by atoms with van der Waals surface area (Å²) in [5.74, 6) is 2.28. The molecule has 6 rings (SSSR count). The molecule has 0 spiro atoms. The highest BCUT2D eigenvalue weighted by Gasteiger charge is 2.45. The summed E-state index contributed by atoms with van der Waals surface area (Å²) >= 11 is 0. The lowest BCUT2D eigenvalue weighted by Gasteiger charge is -2.34. The van der Waals surface area contributed by atoms with Crippen molar-refractivity contribution in [3.05, 3.63) is 137 Å². The summed E-state index contributed by atoms with van der Waals surface area (Å²) in [4.78, 5) is 14.1. The van der Waals surface area contributed by atoms with Crippen LogP contribution in [0.5, 0.6) is 0 Å². The number of aryl methyl sites for hydroxylation is 1. The Morgan fingerprint density at radius 3 is 1.67 bits per heavy atom. The van der Waals surface area contributed by atoms with Gasteiger partial charge in [-0.05, 0) is 40.3 Å². The first kappa shape index (κ1) is 22.4. The van der Waals surface area contributed by atoms with Gasteiger partial charge in [0, 0.05) is 11.0 Å². The van der Waals surface area contributed by atoms with E-state index < -0.39 is 5.41 Å². The fourth-order valence-electron chi connectivity index (χ4n) is 5.53. The number of aromatic nitrogens is 3. The molecule has 4 aromatic carbocycles. The average molecular weight is 468 g/mol. The molecule has 3 nitrogen and oxygen atoms in total. The number of fused-ring (bicyclic) bond motifs is 3. The molecule has 0 amide bonds. The molecule has 3 heteroatoms. The highest BCUT2D eigenvalue weighted by Crippen LogP contribution is 2.55. The first-order valence-electron chi connectivity index (χ1n) is 12.5. The third-order valence-electron chi connectivity index (χ3n) is 7.15. The Morgan fingerprint density at radius 1 is 0.556 bits per heavy atom. The quantitative estimate of drug-likeness (QED) is 0.270. The average Bonchev–Trinajstić information content (AvgIpc) is 3.20. The van der Waals surface area contributed by atoms with Crippen molar-refractivity contribution >= 4 is 0 Å². The van der Waals surface area contributed by atoms with Crippen molar-refractivity contribution in [2.45, 2.75) is 38.5 Å². The molecular formula is C33H29N3. The minimum atomic E-state index is -0.390. The summed E-state index contributed by atoms with van der Waals surface area (Å²) in [5.41, 5.74) is 8.19. The lowest BCUT2D eigenvalue weighted by Crippen LogP contribution is -2.28. The van der Waals surface area contributed by atoms with E-state index in [4.69, 9.17) is 4.98 Å². The second-order valence-electron chi connectivity index (χ2n) is 10.6. The molecule has 0 radical (unpaired) electrons. The van der Waals surface area contributed by atoms with Crippen LogP contribution >= 0.6 is 0 Å². The Kier molecular flexibility index (Phi) is 5.11. The van der Waals surface area contributed by atoms with Gasteiger partial charge in [0.1, 0.15) is 11.6 Å². The summed E-state index contributed by atoms with van der Waals surface area (Å²) in [6, 6.07) is 37.3. The van der Waals surface area contributed by atoms with Crippen molar-refractivity contribution in [3.8, 4) is 22.5 Å². The summed E-state index contributed by atoms with van der Waals surface area (Å²) in [7, 11) is 0. The number of hydrogen-bond donors (Lipinski definition) is 0. The van der Waals surface area contributed by atoms with Crippen LogP contribution in [0, 0.1) is 6.92 Å². The lowest BCUT2D eigenvalue weighted by molar-refractivity contribution is 0.539. The van der Waals surface area contributed by atoms with E-state index >= 15 is 0 Å². The molecule has 0 aliphatic heterocycles. The van der Waals surface area contributed by atoms with Crippen LogP contribution in [0.1, 0.15) is 54.7 Å². The Morgan fingerprint density at radius 2 is 1.08 bits per heavy atom. The molecule has 0 unspecified atom stereocenters. The fourth-order valence-corrected chi connectivity index (χ4v) is 5.53. The number of rotatable bonds is 3. The van der Waals surface area contributed by atoms with Gasteiger partial charge in [-0.2, -0.15) is 0 Å². The molecule has 5 aromatic rings. The van der Waals surface area contributed by atoms with Crippen molar-refractivity contribution < 1.29 is 0 Å². The van der Waals surface area contributed by atoms with E-state index in [1.54, 1.807) is 0 Å². The predicted molar refractivity (Wildman–Crippen MR) is 146 cm³/mol. The van der Waals surface area contributed by atoms with E-state index in [0.717, 1.165) is 23.0 Å². The molecule has 0 saturated heterocycles.